The lowest BCUT2D eigenvalue weighted by Crippen LogP contribution is -2.59. The molecular weight excluding hydrogens is 628 g/mol. The minimum Gasteiger partial charge on any atom is -0.459 e. The maximum Gasteiger partial charge on any atom is 0.311 e. The lowest BCUT2D eigenvalue weighted by Gasteiger charge is -2.47. The maximum absolute atomic E-state index is 14.1. The first-order valence-corrected chi connectivity index (χ1v) is 18.8. The third kappa shape index (κ3) is 10.8. The fraction of sp³-hybridized carbons (Fsp3) is 0.974. The number of carbonyl (C=O) groups excluding carboxylic acids is 1. The lowest BCUT2D eigenvalue weighted by atomic mass is 9.77. The second-order valence-electron chi connectivity index (χ2n) is 17.6. The van der Waals surface area contributed by atoms with Crippen molar-refractivity contribution in [3.63, 3.8) is 0 Å². The number of likely N-dealkylation sites (N-methyl/N-ethyl adjacent to an activating group) is 1. The lowest BCUT2D eigenvalue weighted by molar-refractivity contribution is -0.287. The number of rotatable bonds is 6. The molecule has 0 spiro atoms. The van der Waals surface area contributed by atoms with Gasteiger partial charge in [0, 0.05) is 37.4 Å². The van der Waals surface area contributed by atoms with Crippen molar-refractivity contribution in [3.05, 3.63) is 0 Å². The zero-order valence-corrected chi connectivity index (χ0v) is 33.1. The molecule has 0 saturated carbocycles. The molecule has 3 aliphatic rings. The van der Waals surface area contributed by atoms with Crippen LogP contribution < -0.4 is 0 Å². The molecule has 11 nitrogen and oxygen atoms in total. The summed E-state index contributed by atoms with van der Waals surface area (Å²) in [6.07, 6.45) is -1.26. The van der Waals surface area contributed by atoms with Crippen molar-refractivity contribution < 1.29 is 43.8 Å². The van der Waals surface area contributed by atoms with E-state index < -0.39 is 72.0 Å². The first-order valence-electron chi connectivity index (χ1n) is 18.8. The Labute approximate surface area is 297 Å². The summed E-state index contributed by atoms with van der Waals surface area (Å²) in [5.41, 5.74) is -3.11. The number of hydrogen-bond donors (Lipinski definition) is 3. The van der Waals surface area contributed by atoms with Crippen LogP contribution >= 0.6 is 0 Å². The molecule has 3 rings (SSSR count). The van der Waals surface area contributed by atoms with Gasteiger partial charge in [0.2, 0.25) is 0 Å². The molecule has 0 radical (unpaired) electrons. The quantitative estimate of drug-likeness (QED) is 0.337. The molecule has 3 fully saturated rings. The average molecular weight is 701 g/mol. The molecule has 3 heterocycles. The van der Waals surface area contributed by atoms with Gasteiger partial charge < -0.3 is 48.8 Å². The SMILES string of the molecule is CC[C@H]1OC(=O)[C@H](C)C(O[C@H]2CC(C)(C)C[C@H](C)O2)[C@H](C)[C@@H](OC2C[C@@H](N(C)C)C[C@@H](C)O2)[C@](C)(O)C[C@@H](C)CN(C)[C@H](C)[C@@H](O)[C@]1(C)O. The van der Waals surface area contributed by atoms with Gasteiger partial charge in [-0.15, -0.1) is 0 Å². The van der Waals surface area contributed by atoms with Crippen LogP contribution in [0.25, 0.3) is 0 Å². The first kappa shape index (κ1) is 42.5. The summed E-state index contributed by atoms with van der Waals surface area (Å²) in [5.74, 6) is -1.92. The van der Waals surface area contributed by atoms with Gasteiger partial charge in [0.15, 0.2) is 12.6 Å². The normalized spacial score (nSPS) is 46.9. The van der Waals surface area contributed by atoms with Crippen LogP contribution in [0.15, 0.2) is 0 Å². The zero-order valence-electron chi connectivity index (χ0n) is 33.1. The smallest absolute Gasteiger partial charge is 0.311 e. The number of aliphatic hydroxyl groups excluding tert-OH is 1. The summed E-state index contributed by atoms with van der Waals surface area (Å²) in [4.78, 5) is 18.3. The standard InChI is InChI=1S/C38H72N2O9/c1-15-29-38(11,44)33(41)27(7)40(14)21-22(2)18-37(10,43)34(49-30-17-28(39(12)13)16-23(3)45-30)25(5)32(26(6)35(42)47-29)48-31-20-36(8,9)19-24(4)46-31/h22-34,41,43-44H,15-21H2,1-14H3/t22-,23-,24+,25+,26-,27-,28+,29-,30?,31+,32?,33-,34-,37-,38-/m1/s1. The van der Waals surface area contributed by atoms with Gasteiger partial charge in [-0.1, -0.05) is 34.6 Å². The predicted molar refractivity (Wildman–Crippen MR) is 190 cm³/mol. The van der Waals surface area contributed by atoms with Gasteiger partial charge in [-0.2, -0.15) is 0 Å². The molecule has 3 N–H and O–H groups in total. The topological polar surface area (TPSA) is 130 Å². The number of cyclic esters (lactones) is 1. The summed E-state index contributed by atoms with van der Waals surface area (Å²) >= 11 is 0. The van der Waals surface area contributed by atoms with Gasteiger partial charge in [-0.3, -0.25) is 4.79 Å². The third-order valence-electron chi connectivity index (χ3n) is 11.6. The highest BCUT2D eigenvalue weighted by atomic mass is 16.7. The number of carbonyl (C=O) groups is 1. The van der Waals surface area contributed by atoms with Crippen LogP contribution in [-0.2, 0) is 28.5 Å². The number of ether oxygens (including phenoxy) is 5. The summed E-state index contributed by atoms with van der Waals surface area (Å²) in [6, 6.07) is -0.218. The Morgan fingerprint density at radius 2 is 1.51 bits per heavy atom. The summed E-state index contributed by atoms with van der Waals surface area (Å²) < 4.78 is 32.5. The van der Waals surface area contributed by atoms with Crippen LogP contribution in [0.3, 0.4) is 0 Å². The van der Waals surface area contributed by atoms with Gasteiger partial charge in [0.05, 0.1) is 35.9 Å². The van der Waals surface area contributed by atoms with Crippen molar-refractivity contribution >= 4 is 5.97 Å². The third-order valence-corrected chi connectivity index (χ3v) is 11.6. The number of nitrogens with zero attached hydrogens (tertiary/aromatic N) is 2. The van der Waals surface area contributed by atoms with E-state index in [9.17, 15) is 20.1 Å². The Morgan fingerprint density at radius 3 is 2.08 bits per heavy atom. The molecule has 0 aliphatic carbocycles. The second kappa shape index (κ2) is 16.8. The summed E-state index contributed by atoms with van der Waals surface area (Å²) in [7, 11) is 6.01. The molecule has 0 amide bonds. The minimum atomic E-state index is -1.72. The molecule has 0 aromatic carbocycles. The predicted octanol–water partition coefficient (Wildman–Crippen LogP) is 4.58. The fourth-order valence-corrected chi connectivity index (χ4v) is 8.84. The van der Waals surface area contributed by atoms with Gasteiger partial charge in [0.1, 0.15) is 17.8 Å². The van der Waals surface area contributed by atoms with Crippen LogP contribution in [0.1, 0.15) is 115 Å². The van der Waals surface area contributed by atoms with Gasteiger partial charge in [-0.25, -0.2) is 0 Å². The molecule has 11 heteroatoms. The molecule has 3 aliphatic heterocycles. The van der Waals surface area contributed by atoms with Gasteiger partial charge in [-0.05, 0) is 99.7 Å². The van der Waals surface area contributed by atoms with Crippen LogP contribution in [0, 0.1) is 23.2 Å². The summed E-state index contributed by atoms with van der Waals surface area (Å²) in [6.45, 7) is 21.8. The van der Waals surface area contributed by atoms with Crippen molar-refractivity contribution in [3.8, 4) is 0 Å². The Bertz CT molecular complexity index is 1050. The van der Waals surface area contributed by atoms with Crippen molar-refractivity contribution in [2.75, 3.05) is 27.7 Å². The number of aliphatic hydroxyl groups is 3. The maximum atomic E-state index is 14.1. The molecule has 0 aromatic rings. The van der Waals surface area contributed by atoms with Crippen LogP contribution in [0.4, 0.5) is 0 Å². The van der Waals surface area contributed by atoms with Gasteiger partial charge >= 0.3 is 5.97 Å². The highest BCUT2D eigenvalue weighted by Crippen LogP contribution is 2.41. The highest BCUT2D eigenvalue weighted by Gasteiger charge is 2.50. The van der Waals surface area contributed by atoms with E-state index in [0.29, 0.717) is 32.2 Å². The summed E-state index contributed by atoms with van der Waals surface area (Å²) in [5, 5.41) is 35.6. The van der Waals surface area contributed by atoms with E-state index in [1.165, 1.54) is 6.92 Å². The van der Waals surface area contributed by atoms with E-state index in [2.05, 4.69) is 39.8 Å². The van der Waals surface area contributed by atoms with Crippen molar-refractivity contribution in [1.82, 2.24) is 9.80 Å². The Morgan fingerprint density at radius 1 is 0.898 bits per heavy atom. The van der Waals surface area contributed by atoms with Crippen LogP contribution in [0.2, 0.25) is 0 Å². The number of esters is 1. The van der Waals surface area contributed by atoms with Crippen molar-refractivity contribution in [2.45, 2.75) is 187 Å². The minimum absolute atomic E-state index is 0.0243. The first-order chi connectivity index (χ1) is 22.5. The van der Waals surface area contributed by atoms with E-state index in [1.54, 1.807) is 13.8 Å². The fourth-order valence-electron chi connectivity index (χ4n) is 8.84. The molecule has 0 bridgehead atoms. The highest BCUT2D eigenvalue weighted by molar-refractivity contribution is 5.73. The zero-order chi connectivity index (χ0) is 37.2. The van der Waals surface area contributed by atoms with Crippen molar-refractivity contribution in [1.29, 1.82) is 0 Å². The van der Waals surface area contributed by atoms with E-state index >= 15 is 0 Å². The Balaban J connectivity index is 2.12. The number of hydrogen-bond acceptors (Lipinski definition) is 11. The van der Waals surface area contributed by atoms with Crippen LogP contribution in [-0.4, -0.2) is 131 Å². The monoisotopic (exact) mass is 701 g/mol. The average Bonchev–Trinajstić information content (AvgIpc) is 2.97. The van der Waals surface area contributed by atoms with Crippen molar-refractivity contribution in [2.24, 2.45) is 23.2 Å². The largest absolute Gasteiger partial charge is 0.459 e. The molecule has 15 atom stereocenters. The van der Waals surface area contributed by atoms with E-state index in [-0.39, 0.29) is 29.6 Å². The van der Waals surface area contributed by atoms with E-state index in [0.717, 1.165) is 12.8 Å². The Kier molecular flexibility index (Phi) is 14.6. The van der Waals surface area contributed by atoms with E-state index in [1.807, 2.05) is 46.6 Å². The molecule has 49 heavy (non-hydrogen) atoms. The molecule has 0 aromatic heterocycles. The molecule has 2 unspecified atom stereocenters. The second-order valence-corrected chi connectivity index (χ2v) is 17.6. The van der Waals surface area contributed by atoms with Gasteiger partial charge in [0.25, 0.3) is 0 Å². The van der Waals surface area contributed by atoms with Crippen LogP contribution in [0.5, 0.6) is 0 Å². The molecule has 3 saturated heterocycles. The molecule has 288 valence electrons. The molecular formula is C38H72N2O9. The Hall–Kier alpha value is -0.890. The van der Waals surface area contributed by atoms with E-state index in [4.69, 9.17) is 23.7 Å².